The maximum Gasteiger partial charge on any atom is 0.336 e. The van der Waals surface area contributed by atoms with Crippen LogP contribution < -0.4 is 5.73 Å². The number of hydrogen-bond acceptors (Lipinski definition) is 5. The second kappa shape index (κ2) is 9.48. The van der Waals surface area contributed by atoms with E-state index < -0.39 is 36.4 Å². The molecule has 0 aromatic heterocycles. The number of nitrogens with two attached hydrogens (primary N) is 1. The first-order valence-electron chi connectivity index (χ1n) is 6.34. The topological polar surface area (TPSA) is 158 Å². The number of aliphatic carboxylic acids is 3. The molecule has 0 aliphatic carbocycles. The molecule has 0 saturated carbocycles. The molecule has 0 atom stereocenters. The zero-order valence-corrected chi connectivity index (χ0v) is 11.8. The van der Waals surface area contributed by atoms with Crippen LogP contribution in [0.15, 0.2) is 30.3 Å². The van der Waals surface area contributed by atoms with E-state index in [1.54, 1.807) is 0 Å². The van der Waals surface area contributed by atoms with E-state index in [2.05, 4.69) is 12.1 Å². The summed E-state index contributed by atoms with van der Waals surface area (Å²) in [5.41, 5.74) is 3.94. The fraction of sp³-hybridized carbons (Fsp3) is 0.357. The van der Waals surface area contributed by atoms with Crippen molar-refractivity contribution in [1.29, 1.82) is 0 Å². The molecule has 0 unspecified atom stereocenters. The zero-order valence-electron chi connectivity index (χ0n) is 11.8. The largest absolute Gasteiger partial charge is 0.481 e. The predicted octanol–water partition coefficient (Wildman–Crippen LogP) is -0.0607. The molecule has 122 valence electrons. The van der Waals surface area contributed by atoms with Crippen molar-refractivity contribution in [2.75, 3.05) is 6.54 Å². The van der Waals surface area contributed by atoms with Gasteiger partial charge in [-0.1, -0.05) is 30.3 Å². The molecule has 22 heavy (non-hydrogen) atoms. The maximum atomic E-state index is 10.3. The number of hydrogen-bond donors (Lipinski definition) is 5. The first-order chi connectivity index (χ1) is 10.2. The summed E-state index contributed by atoms with van der Waals surface area (Å²) >= 11 is 0. The Kier molecular flexibility index (Phi) is 8.42. The third kappa shape index (κ3) is 7.98. The third-order valence-corrected chi connectivity index (χ3v) is 2.56. The van der Waals surface area contributed by atoms with E-state index >= 15 is 0 Å². The van der Waals surface area contributed by atoms with Crippen molar-refractivity contribution in [3.05, 3.63) is 35.9 Å². The van der Waals surface area contributed by atoms with Gasteiger partial charge in [-0.15, -0.1) is 0 Å². The molecule has 0 radical (unpaired) electrons. The average molecular weight is 313 g/mol. The van der Waals surface area contributed by atoms with Crippen LogP contribution in [0.25, 0.3) is 0 Å². The summed E-state index contributed by atoms with van der Waals surface area (Å²) in [4.78, 5) is 30.5. The SMILES string of the molecule is NCCc1ccccc1.O=C(O)CC(O)(CC(=O)O)C(=O)O. The molecule has 1 aromatic rings. The van der Waals surface area contributed by atoms with Gasteiger partial charge in [0, 0.05) is 0 Å². The van der Waals surface area contributed by atoms with E-state index in [9.17, 15) is 14.4 Å². The van der Waals surface area contributed by atoms with Crippen LogP contribution in [0.5, 0.6) is 0 Å². The first-order valence-corrected chi connectivity index (χ1v) is 6.34. The quantitative estimate of drug-likeness (QED) is 0.468. The van der Waals surface area contributed by atoms with Crippen LogP contribution >= 0.6 is 0 Å². The molecule has 0 spiro atoms. The highest BCUT2D eigenvalue weighted by molar-refractivity contribution is 5.88. The second-order valence-corrected chi connectivity index (χ2v) is 4.50. The number of aliphatic hydroxyl groups is 1. The highest BCUT2D eigenvalue weighted by Gasteiger charge is 2.40. The van der Waals surface area contributed by atoms with Crippen molar-refractivity contribution >= 4 is 17.9 Å². The lowest BCUT2D eigenvalue weighted by atomic mass is 9.96. The predicted molar refractivity (Wildman–Crippen MR) is 76.3 cm³/mol. The molecule has 0 amide bonds. The second-order valence-electron chi connectivity index (χ2n) is 4.50. The molecule has 1 aromatic carbocycles. The van der Waals surface area contributed by atoms with Crippen LogP contribution in [0, 0.1) is 0 Å². The molecule has 0 aliphatic heterocycles. The lowest BCUT2D eigenvalue weighted by Gasteiger charge is -2.18. The van der Waals surface area contributed by atoms with Crippen LogP contribution in [0.3, 0.4) is 0 Å². The molecule has 0 aliphatic rings. The van der Waals surface area contributed by atoms with Gasteiger partial charge in [-0.2, -0.15) is 0 Å². The van der Waals surface area contributed by atoms with Gasteiger partial charge >= 0.3 is 17.9 Å². The van der Waals surface area contributed by atoms with E-state index in [4.69, 9.17) is 26.2 Å². The fourth-order valence-electron chi connectivity index (χ4n) is 1.53. The van der Waals surface area contributed by atoms with E-state index in [0.717, 1.165) is 13.0 Å². The summed E-state index contributed by atoms with van der Waals surface area (Å²) < 4.78 is 0. The van der Waals surface area contributed by atoms with Gasteiger partial charge in [0.2, 0.25) is 0 Å². The molecule has 8 nitrogen and oxygen atoms in total. The van der Waals surface area contributed by atoms with E-state index in [0.29, 0.717) is 0 Å². The summed E-state index contributed by atoms with van der Waals surface area (Å²) in [7, 11) is 0. The molecule has 1 rings (SSSR count). The Morgan fingerprint density at radius 1 is 0.955 bits per heavy atom. The van der Waals surface area contributed by atoms with Gasteiger partial charge in [0.1, 0.15) is 0 Å². The van der Waals surface area contributed by atoms with Gasteiger partial charge < -0.3 is 26.2 Å². The van der Waals surface area contributed by atoms with Gasteiger partial charge in [0.15, 0.2) is 5.60 Å². The van der Waals surface area contributed by atoms with Crippen molar-refractivity contribution in [3.8, 4) is 0 Å². The minimum absolute atomic E-state index is 0.740. The zero-order chi connectivity index (χ0) is 17.2. The van der Waals surface area contributed by atoms with Gasteiger partial charge in [0.25, 0.3) is 0 Å². The molecular formula is C14H19NO7. The molecule has 0 heterocycles. The number of carboxylic acid groups (broad SMARTS) is 3. The van der Waals surface area contributed by atoms with E-state index in [-0.39, 0.29) is 0 Å². The van der Waals surface area contributed by atoms with Crippen molar-refractivity contribution in [3.63, 3.8) is 0 Å². The van der Waals surface area contributed by atoms with Crippen LogP contribution in [0.2, 0.25) is 0 Å². The van der Waals surface area contributed by atoms with Crippen LogP contribution in [-0.2, 0) is 20.8 Å². The third-order valence-electron chi connectivity index (χ3n) is 2.56. The maximum absolute atomic E-state index is 10.3. The van der Waals surface area contributed by atoms with E-state index in [1.165, 1.54) is 5.56 Å². The Morgan fingerprint density at radius 2 is 1.41 bits per heavy atom. The summed E-state index contributed by atoms with van der Waals surface area (Å²) in [5, 5.41) is 33.8. The summed E-state index contributed by atoms with van der Waals surface area (Å²) in [5.74, 6) is -5.02. The van der Waals surface area contributed by atoms with Gasteiger partial charge in [-0.25, -0.2) is 4.79 Å². The number of rotatable bonds is 7. The minimum Gasteiger partial charge on any atom is -0.481 e. The standard InChI is InChI=1S/C8H11N.C6H8O7/c9-7-6-8-4-2-1-3-5-8;7-3(8)1-6(13,5(11)12)2-4(9)10/h1-5H,6-7,9H2;13H,1-2H2,(H,7,8)(H,9,10)(H,11,12). The summed E-state index contributed by atoms with van der Waals surface area (Å²) in [6, 6.07) is 10.3. The number of carbonyl (C=O) groups is 3. The molecule has 6 N–H and O–H groups in total. The average Bonchev–Trinajstić information content (AvgIpc) is 2.39. The highest BCUT2D eigenvalue weighted by Crippen LogP contribution is 2.15. The van der Waals surface area contributed by atoms with Crippen LogP contribution in [-0.4, -0.2) is 50.5 Å². The van der Waals surface area contributed by atoms with Crippen molar-refractivity contribution in [2.45, 2.75) is 24.9 Å². The van der Waals surface area contributed by atoms with Crippen LogP contribution in [0.4, 0.5) is 0 Å². The number of carboxylic acids is 3. The Hall–Kier alpha value is -2.45. The summed E-state index contributed by atoms with van der Waals surface area (Å²) in [6.07, 6.45) is -1.30. The molecule has 0 bridgehead atoms. The van der Waals surface area contributed by atoms with Gasteiger partial charge in [-0.05, 0) is 18.5 Å². The number of benzene rings is 1. The fourth-order valence-corrected chi connectivity index (χ4v) is 1.53. The monoisotopic (exact) mass is 313 g/mol. The Bertz CT molecular complexity index is 485. The smallest absolute Gasteiger partial charge is 0.336 e. The Labute approximate surface area is 126 Å². The lowest BCUT2D eigenvalue weighted by molar-refractivity contribution is -0.170. The lowest BCUT2D eigenvalue weighted by Crippen LogP contribution is -2.42. The Morgan fingerprint density at radius 3 is 1.73 bits per heavy atom. The Balaban J connectivity index is 0.000000425. The normalized spacial score (nSPS) is 10.3. The van der Waals surface area contributed by atoms with Crippen molar-refractivity contribution < 1.29 is 34.8 Å². The molecule has 0 saturated heterocycles. The van der Waals surface area contributed by atoms with Gasteiger partial charge in [-0.3, -0.25) is 9.59 Å². The molecular weight excluding hydrogens is 294 g/mol. The summed E-state index contributed by atoms with van der Waals surface area (Å²) in [6.45, 7) is 0.740. The molecule has 8 heteroatoms. The molecule has 0 fully saturated rings. The van der Waals surface area contributed by atoms with Crippen LogP contribution in [0.1, 0.15) is 18.4 Å². The van der Waals surface area contributed by atoms with Crippen molar-refractivity contribution in [2.24, 2.45) is 5.73 Å². The minimum atomic E-state index is -2.74. The van der Waals surface area contributed by atoms with Crippen molar-refractivity contribution in [1.82, 2.24) is 0 Å². The first kappa shape index (κ1) is 19.6. The highest BCUT2D eigenvalue weighted by atomic mass is 16.4. The van der Waals surface area contributed by atoms with Gasteiger partial charge in [0.05, 0.1) is 12.8 Å². The van der Waals surface area contributed by atoms with E-state index in [1.807, 2.05) is 18.2 Å².